The summed E-state index contributed by atoms with van der Waals surface area (Å²) in [6.07, 6.45) is 1.75. The molecule has 1 N–H and O–H groups in total. The molecule has 1 aliphatic heterocycles. The zero-order chi connectivity index (χ0) is 30.6. The summed E-state index contributed by atoms with van der Waals surface area (Å²) in [5.74, 6) is 0.0304. The van der Waals surface area contributed by atoms with E-state index in [1.165, 1.54) is 40.9 Å². The first kappa shape index (κ1) is 29.1. The van der Waals surface area contributed by atoms with Gasteiger partial charge in [-0.3, -0.25) is 14.5 Å². The monoisotopic (exact) mass is 620 g/mol. The van der Waals surface area contributed by atoms with E-state index in [1.54, 1.807) is 37.5 Å². The van der Waals surface area contributed by atoms with Gasteiger partial charge >= 0.3 is 0 Å². The van der Waals surface area contributed by atoms with Gasteiger partial charge in [0.2, 0.25) is 0 Å². The van der Waals surface area contributed by atoms with Crippen LogP contribution < -0.4 is 19.7 Å². The van der Waals surface area contributed by atoms with Crippen LogP contribution >= 0.6 is 24.0 Å². The van der Waals surface area contributed by atoms with Crippen molar-refractivity contribution in [1.29, 1.82) is 0 Å². The zero-order valence-electron chi connectivity index (χ0n) is 23.5. The second-order valence-corrected chi connectivity index (χ2v) is 11.5. The van der Waals surface area contributed by atoms with Crippen molar-refractivity contribution in [3.05, 3.63) is 137 Å². The van der Waals surface area contributed by atoms with E-state index in [-0.39, 0.29) is 5.91 Å². The molecule has 0 unspecified atom stereocenters. The molecule has 0 aliphatic carbocycles. The Hall–Kier alpha value is -4.99. The molecule has 218 valence electrons. The van der Waals surface area contributed by atoms with Crippen LogP contribution in [0.4, 0.5) is 15.8 Å². The first-order valence-electron chi connectivity index (χ1n) is 13.6. The van der Waals surface area contributed by atoms with Crippen molar-refractivity contribution in [3.8, 4) is 11.5 Å². The van der Waals surface area contributed by atoms with Crippen LogP contribution in [-0.2, 0) is 11.4 Å². The van der Waals surface area contributed by atoms with Gasteiger partial charge in [0.15, 0.2) is 15.8 Å². The van der Waals surface area contributed by atoms with Gasteiger partial charge in [0.25, 0.3) is 11.8 Å². The smallest absolute Gasteiger partial charge is 0.270 e. The molecule has 1 fully saturated rings. The topological polar surface area (TPSA) is 67.9 Å². The van der Waals surface area contributed by atoms with Crippen LogP contribution in [0.25, 0.3) is 16.8 Å². The number of amides is 2. The van der Waals surface area contributed by atoms with Crippen LogP contribution in [-0.4, -0.2) is 23.2 Å². The molecule has 6 nitrogen and oxygen atoms in total. The second-order valence-electron chi connectivity index (χ2n) is 9.87. The first-order valence-corrected chi connectivity index (χ1v) is 14.8. The second kappa shape index (κ2) is 12.7. The molecule has 1 saturated heterocycles. The van der Waals surface area contributed by atoms with E-state index in [0.717, 1.165) is 21.9 Å². The van der Waals surface area contributed by atoms with E-state index in [4.69, 9.17) is 21.7 Å². The van der Waals surface area contributed by atoms with Crippen LogP contribution in [0, 0.1) is 5.82 Å². The quantitative estimate of drug-likeness (QED) is 0.139. The number of methoxy groups -OCH3 is 1. The maximum Gasteiger partial charge on any atom is 0.270 e. The molecular formula is C35H25FN2O4S2. The van der Waals surface area contributed by atoms with Gasteiger partial charge in [0.1, 0.15) is 12.4 Å². The summed E-state index contributed by atoms with van der Waals surface area (Å²) in [5.41, 5.74) is 3.06. The molecule has 2 amide bonds. The van der Waals surface area contributed by atoms with Crippen molar-refractivity contribution in [2.45, 2.75) is 6.61 Å². The number of hydrogen-bond acceptors (Lipinski definition) is 6. The summed E-state index contributed by atoms with van der Waals surface area (Å²) in [5, 5.41) is 5.01. The summed E-state index contributed by atoms with van der Waals surface area (Å²) < 4.78 is 25.3. The molecule has 5 aromatic rings. The normalized spacial score (nSPS) is 13.9. The van der Waals surface area contributed by atoms with E-state index in [0.29, 0.717) is 44.3 Å². The lowest BCUT2D eigenvalue weighted by Crippen LogP contribution is -2.27. The van der Waals surface area contributed by atoms with Crippen molar-refractivity contribution in [1.82, 2.24) is 0 Å². The number of halogens is 1. The molecule has 1 heterocycles. The number of carbonyl (C=O) groups is 2. The van der Waals surface area contributed by atoms with Gasteiger partial charge in [-0.15, -0.1) is 0 Å². The fourth-order valence-corrected chi connectivity index (χ4v) is 6.13. The number of thioether (sulfide) groups is 1. The molecule has 0 saturated carbocycles. The molecule has 0 radical (unpaired) electrons. The van der Waals surface area contributed by atoms with Gasteiger partial charge in [-0.05, 0) is 82.6 Å². The molecule has 9 heteroatoms. The maximum atomic E-state index is 13.5. The van der Waals surface area contributed by atoms with Crippen molar-refractivity contribution in [2.75, 3.05) is 17.3 Å². The van der Waals surface area contributed by atoms with Gasteiger partial charge in [-0.1, -0.05) is 78.6 Å². The number of carbonyl (C=O) groups excluding carboxylic acids is 2. The van der Waals surface area contributed by atoms with Crippen molar-refractivity contribution in [3.63, 3.8) is 0 Å². The van der Waals surface area contributed by atoms with E-state index in [2.05, 4.69) is 23.5 Å². The van der Waals surface area contributed by atoms with Gasteiger partial charge < -0.3 is 14.8 Å². The predicted octanol–water partition coefficient (Wildman–Crippen LogP) is 8.22. The highest BCUT2D eigenvalue weighted by Gasteiger charge is 2.33. The number of nitrogens with one attached hydrogen (secondary N) is 1. The Balaban J connectivity index is 1.18. The Kier molecular flexibility index (Phi) is 8.40. The summed E-state index contributed by atoms with van der Waals surface area (Å²) in [4.78, 5) is 28.1. The fourth-order valence-electron chi connectivity index (χ4n) is 4.83. The predicted molar refractivity (Wildman–Crippen MR) is 178 cm³/mol. The minimum absolute atomic E-state index is 0.300. The molecule has 0 spiro atoms. The van der Waals surface area contributed by atoms with Gasteiger partial charge in [0, 0.05) is 11.3 Å². The van der Waals surface area contributed by atoms with Crippen LogP contribution in [0.3, 0.4) is 0 Å². The summed E-state index contributed by atoms with van der Waals surface area (Å²) in [6, 6.07) is 31.9. The van der Waals surface area contributed by atoms with Crippen molar-refractivity contribution >= 4 is 68.3 Å². The lowest BCUT2D eigenvalue weighted by Gasteiger charge is -2.15. The van der Waals surface area contributed by atoms with E-state index in [9.17, 15) is 14.0 Å². The highest BCUT2D eigenvalue weighted by atomic mass is 32.2. The van der Waals surface area contributed by atoms with Gasteiger partial charge in [-0.25, -0.2) is 4.39 Å². The Labute approximate surface area is 263 Å². The number of ether oxygens (including phenoxy) is 2. The number of hydrogen-bond donors (Lipinski definition) is 1. The average molecular weight is 621 g/mol. The highest BCUT2D eigenvalue weighted by molar-refractivity contribution is 8.27. The Morgan fingerprint density at radius 2 is 1.70 bits per heavy atom. The number of thiocarbonyl (C=S) groups is 1. The molecular weight excluding hydrogens is 596 g/mol. The van der Waals surface area contributed by atoms with Crippen LogP contribution in [0.1, 0.15) is 21.5 Å². The van der Waals surface area contributed by atoms with Gasteiger partial charge in [-0.2, -0.15) is 0 Å². The standard InChI is InChI=1S/C35H25FN2O4S2/c1-41-31-18-22(12-17-30(31)42-21-25-9-4-7-23-6-2-3-11-29(23)25)19-32-34(40)38(35(43)44-32)28-10-5-8-24(20-28)33(39)37-27-15-13-26(36)14-16-27/h2-20H,21H2,1H3,(H,37,39)/b32-19+. The number of fused-ring (bicyclic) bond motifs is 1. The first-order chi connectivity index (χ1) is 21.4. The van der Waals surface area contributed by atoms with Gasteiger partial charge in [0.05, 0.1) is 17.7 Å². The minimum Gasteiger partial charge on any atom is -0.493 e. The summed E-state index contributed by atoms with van der Waals surface area (Å²) in [7, 11) is 1.57. The van der Waals surface area contributed by atoms with Crippen molar-refractivity contribution in [2.24, 2.45) is 0 Å². The average Bonchev–Trinajstić information content (AvgIpc) is 3.33. The maximum absolute atomic E-state index is 13.5. The molecule has 5 aromatic carbocycles. The van der Waals surface area contributed by atoms with Crippen LogP contribution in [0.15, 0.2) is 114 Å². The molecule has 6 rings (SSSR count). The van der Waals surface area contributed by atoms with E-state index in [1.807, 2.05) is 42.5 Å². The van der Waals surface area contributed by atoms with E-state index >= 15 is 0 Å². The minimum atomic E-state index is -0.396. The molecule has 0 aromatic heterocycles. The Morgan fingerprint density at radius 1 is 0.932 bits per heavy atom. The third-order valence-corrected chi connectivity index (χ3v) is 8.31. The number of anilines is 2. The third-order valence-electron chi connectivity index (χ3n) is 7.01. The molecule has 44 heavy (non-hydrogen) atoms. The summed E-state index contributed by atoms with van der Waals surface area (Å²) >= 11 is 6.73. The summed E-state index contributed by atoms with van der Waals surface area (Å²) in [6.45, 7) is 0.372. The Bertz CT molecular complexity index is 1940. The van der Waals surface area contributed by atoms with E-state index < -0.39 is 11.7 Å². The van der Waals surface area contributed by atoms with Crippen LogP contribution in [0.2, 0.25) is 0 Å². The largest absolute Gasteiger partial charge is 0.493 e. The fraction of sp³-hybridized carbons (Fsp3) is 0.0571. The SMILES string of the molecule is COc1cc(/C=C2/SC(=S)N(c3cccc(C(=O)Nc4ccc(F)cc4)c3)C2=O)ccc1OCc1cccc2ccccc12. The third kappa shape index (κ3) is 6.20. The Morgan fingerprint density at radius 3 is 2.52 bits per heavy atom. The molecule has 0 atom stereocenters. The molecule has 0 bridgehead atoms. The molecule has 1 aliphatic rings. The van der Waals surface area contributed by atoms with Crippen LogP contribution in [0.5, 0.6) is 11.5 Å². The number of rotatable bonds is 8. The lowest BCUT2D eigenvalue weighted by atomic mass is 10.1. The number of benzene rings is 5. The van der Waals surface area contributed by atoms with Crippen molar-refractivity contribution < 1.29 is 23.5 Å². The number of nitrogens with zero attached hydrogens (tertiary/aromatic N) is 1. The zero-order valence-corrected chi connectivity index (χ0v) is 25.1. The highest BCUT2D eigenvalue weighted by Crippen LogP contribution is 2.38. The lowest BCUT2D eigenvalue weighted by molar-refractivity contribution is -0.113.